The third-order valence-corrected chi connectivity index (χ3v) is 5.53. The summed E-state index contributed by atoms with van der Waals surface area (Å²) in [7, 11) is 1.67. The van der Waals surface area contributed by atoms with E-state index in [1.807, 2.05) is 28.9 Å². The van der Waals surface area contributed by atoms with Crippen LogP contribution in [0.4, 0.5) is 0 Å². The Balaban J connectivity index is 0.00000225. The topological polar surface area (TPSA) is 52.3 Å². The minimum atomic E-state index is 0. The Morgan fingerprint density at radius 2 is 1.57 bits per heavy atom. The van der Waals surface area contributed by atoms with Gasteiger partial charge in [-0.15, -0.1) is 27.2 Å². The highest BCUT2D eigenvalue weighted by Gasteiger charge is 2.21. The molecule has 0 amide bonds. The minimum absolute atomic E-state index is 0. The zero-order chi connectivity index (χ0) is 19.0. The molecule has 1 aromatic heterocycles. The Bertz CT molecular complexity index is 989. The third-order valence-electron chi connectivity index (χ3n) is 4.60. The van der Waals surface area contributed by atoms with E-state index >= 15 is 0 Å². The smallest absolute Gasteiger partial charge is 0.212 e. The van der Waals surface area contributed by atoms with Crippen LogP contribution < -0.4 is 4.74 Å². The van der Waals surface area contributed by atoms with E-state index in [0.717, 1.165) is 39.3 Å². The summed E-state index contributed by atoms with van der Waals surface area (Å²) in [6.07, 6.45) is 0. The van der Waals surface area contributed by atoms with Crippen LogP contribution in [-0.2, 0) is 5.41 Å². The number of aromatic nitrogens is 3. The van der Waals surface area contributed by atoms with Crippen LogP contribution >= 0.6 is 28.7 Å². The maximum Gasteiger partial charge on any atom is 0.212 e. The molecule has 1 aliphatic rings. The lowest BCUT2D eigenvalue weighted by atomic mass is 9.87. The maximum atomic E-state index is 5.24. The monoisotopic (exact) mass is 458 g/mol. The Labute approximate surface area is 180 Å². The van der Waals surface area contributed by atoms with Crippen molar-refractivity contribution in [3.8, 4) is 17.1 Å². The van der Waals surface area contributed by atoms with Crippen LogP contribution in [0.25, 0.3) is 11.4 Å². The number of fused-ring (bicyclic) bond motifs is 1. The number of benzene rings is 2. The third kappa shape index (κ3) is 4.00. The Morgan fingerprint density at radius 3 is 2.18 bits per heavy atom. The van der Waals surface area contributed by atoms with Crippen LogP contribution in [-0.4, -0.2) is 33.4 Å². The molecular formula is C21H23BrN4OS. The zero-order valence-electron chi connectivity index (χ0n) is 16.3. The fourth-order valence-corrected chi connectivity index (χ4v) is 3.79. The molecule has 0 spiro atoms. The quantitative estimate of drug-likeness (QED) is 0.541. The first kappa shape index (κ1) is 20.6. The molecule has 0 N–H and O–H groups in total. The van der Waals surface area contributed by atoms with Gasteiger partial charge >= 0.3 is 0 Å². The van der Waals surface area contributed by atoms with Gasteiger partial charge in [0, 0.05) is 11.3 Å². The largest absolute Gasteiger partial charge is 0.497 e. The summed E-state index contributed by atoms with van der Waals surface area (Å²) < 4.78 is 7.09. The van der Waals surface area contributed by atoms with Crippen LogP contribution in [0.5, 0.6) is 5.75 Å². The van der Waals surface area contributed by atoms with E-state index in [0.29, 0.717) is 0 Å². The molecule has 3 aromatic rings. The molecule has 4 rings (SSSR count). The molecule has 7 heteroatoms. The van der Waals surface area contributed by atoms with E-state index < -0.39 is 0 Å². The molecule has 28 heavy (non-hydrogen) atoms. The van der Waals surface area contributed by atoms with E-state index in [1.165, 1.54) is 5.56 Å². The molecule has 2 heterocycles. The van der Waals surface area contributed by atoms with Crippen molar-refractivity contribution in [1.82, 2.24) is 14.9 Å². The molecular weight excluding hydrogens is 436 g/mol. The number of ether oxygens (including phenoxy) is 1. The summed E-state index contributed by atoms with van der Waals surface area (Å²) in [6.45, 7) is 6.63. The number of rotatable bonds is 3. The Hall–Kier alpha value is -2.12. The average molecular weight is 459 g/mol. The van der Waals surface area contributed by atoms with Crippen molar-refractivity contribution in [2.75, 3.05) is 12.9 Å². The highest BCUT2D eigenvalue weighted by atomic mass is 79.9. The second-order valence-electron chi connectivity index (χ2n) is 7.51. The van der Waals surface area contributed by atoms with Gasteiger partial charge in [0.1, 0.15) is 5.75 Å². The van der Waals surface area contributed by atoms with E-state index in [9.17, 15) is 0 Å². The van der Waals surface area contributed by atoms with E-state index in [2.05, 4.69) is 55.2 Å². The molecule has 2 aromatic carbocycles. The second-order valence-corrected chi connectivity index (χ2v) is 8.45. The summed E-state index contributed by atoms with van der Waals surface area (Å²) in [5.74, 6) is 2.38. The van der Waals surface area contributed by atoms with Crippen molar-refractivity contribution in [2.45, 2.75) is 31.3 Å². The first-order valence-corrected chi connectivity index (χ1v) is 9.86. The standard InChI is InChI=1S/C21H22N4OS.BrH/c1-21(2,3)16-9-5-15(6-10-16)19-22-23-20-25(19)24-18(13-27-20)14-7-11-17(26-4)12-8-14;/h5-12H,13H2,1-4H3;1H. The van der Waals surface area contributed by atoms with Crippen LogP contribution in [0.2, 0.25) is 0 Å². The molecule has 146 valence electrons. The summed E-state index contributed by atoms with van der Waals surface area (Å²) in [4.78, 5) is 0. The van der Waals surface area contributed by atoms with Crippen molar-refractivity contribution in [3.05, 3.63) is 59.7 Å². The molecule has 0 saturated heterocycles. The fraction of sp³-hybridized carbons (Fsp3) is 0.286. The Morgan fingerprint density at radius 1 is 0.929 bits per heavy atom. The van der Waals surface area contributed by atoms with Gasteiger partial charge in [-0.1, -0.05) is 56.8 Å². The van der Waals surface area contributed by atoms with Crippen LogP contribution in [0, 0.1) is 0 Å². The normalized spacial score (nSPS) is 13.4. The van der Waals surface area contributed by atoms with Crippen LogP contribution in [0.3, 0.4) is 0 Å². The zero-order valence-corrected chi connectivity index (χ0v) is 18.9. The fourth-order valence-electron chi connectivity index (χ4n) is 2.95. The molecule has 5 nitrogen and oxygen atoms in total. The van der Waals surface area contributed by atoms with Gasteiger partial charge in [-0.25, -0.2) is 0 Å². The first-order chi connectivity index (χ1) is 13.0. The van der Waals surface area contributed by atoms with Crippen molar-refractivity contribution in [1.29, 1.82) is 0 Å². The van der Waals surface area contributed by atoms with Gasteiger partial charge in [0.2, 0.25) is 5.16 Å². The highest BCUT2D eigenvalue weighted by Crippen LogP contribution is 2.30. The lowest BCUT2D eigenvalue weighted by Gasteiger charge is -2.19. The van der Waals surface area contributed by atoms with E-state index in [4.69, 9.17) is 9.84 Å². The molecule has 1 aliphatic heterocycles. The number of halogens is 1. The lowest BCUT2D eigenvalue weighted by Crippen LogP contribution is -2.14. The average Bonchev–Trinajstić information content (AvgIpc) is 3.10. The van der Waals surface area contributed by atoms with Gasteiger partial charge in [-0.3, -0.25) is 0 Å². The van der Waals surface area contributed by atoms with E-state index in [-0.39, 0.29) is 22.4 Å². The number of methoxy groups -OCH3 is 1. The first-order valence-electron chi connectivity index (χ1n) is 8.87. The van der Waals surface area contributed by atoms with Gasteiger partial charge in [0.15, 0.2) is 5.82 Å². The second kappa shape index (κ2) is 8.09. The lowest BCUT2D eigenvalue weighted by molar-refractivity contribution is 0.415. The predicted octanol–water partition coefficient (Wildman–Crippen LogP) is 5.19. The SMILES string of the molecule is Br.COc1ccc(C2=Nn3c(nnc3-c3ccc(C(C)(C)C)cc3)SC2)cc1. The van der Waals surface area contributed by atoms with Crippen molar-refractivity contribution >= 4 is 34.5 Å². The van der Waals surface area contributed by atoms with Gasteiger partial charge < -0.3 is 4.74 Å². The summed E-state index contributed by atoms with van der Waals surface area (Å²) in [5, 5.41) is 14.3. The van der Waals surface area contributed by atoms with Gasteiger partial charge in [-0.05, 0) is 40.8 Å². The van der Waals surface area contributed by atoms with Crippen molar-refractivity contribution < 1.29 is 4.74 Å². The maximum absolute atomic E-state index is 5.24. The summed E-state index contributed by atoms with van der Waals surface area (Å²) in [6, 6.07) is 16.5. The van der Waals surface area contributed by atoms with Crippen molar-refractivity contribution in [2.24, 2.45) is 5.10 Å². The number of hydrogen-bond donors (Lipinski definition) is 0. The number of nitrogens with zero attached hydrogens (tertiary/aromatic N) is 4. The molecule has 0 atom stereocenters. The molecule has 0 fully saturated rings. The summed E-state index contributed by atoms with van der Waals surface area (Å²) >= 11 is 1.65. The van der Waals surface area contributed by atoms with Crippen molar-refractivity contribution in [3.63, 3.8) is 0 Å². The van der Waals surface area contributed by atoms with Gasteiger partial charge in [-0.2, -0.15) is 9.78 Å². The number of thioether (sulfide) groups is 1. The van der Waals surface area contributed by atoms with E-state index in [1.54, 1.807) is 18.9 Å². The van der Waals surface area contributed by atoms with Gasteiger partial charge in [0.25, 0.3) is 0 Å². The Kier molecular flexibility index (Phi) is 5.95. The molecule has 0 radical (unpaired) electrons. The predicted molar refractivity (Wildman–Crippen MR) is 120 cm³/mol. The molecule has 0 aliphatic carbocycles. The van der Waals surface area contributed by atoms with Crippen LogP contribution in [0.1, 0.15) is 31.9 Å². The highest BCUT2D eigenvalue weighted by molar-refractivity contribution is 8.93. The summed E-state index contributed by atoms with van der Waals surface area (Å²) in [5.41, 5.74) is 4.51. The molecule has 0 unspecified atom stereocenters. The van der Waals surface area contributed by atoms with Crippen LogP contribution in [0.15, 0.2) is 58.8 Å². The minimum Gasteiger partial charge on any atom is -0.497 e. The molecule has 0 bridgehead atoms. The number of hydrogen-bond acceptors (Lipinski definition) is 5. The molecule has 0 saturated carbocycles. The van der Waals surface area contributed by atoms with Gasteiger partial charge in [0.05, 0.1) is 12.8 Å².